The summed E-state index contributed by atoms with van der Waals surface area (Å²) in [4.78, 5) is 6.75. The summed E-state index contributed by atoms with van der Waals surface area (Å²) in [5.74, 6) is 0. The minimum atomic E-state index is 0.881. The van der Waals surface area contributed by atoms with Crippen molar-refractivity contribution in [1.29, 1.82) is 0 Å². The van der Waals surface area contributed by atoms with Gasteiger partial charge >= 0.3 is 0 Å². The molecular formula is C12H18N2O. The summed E-state index contributed by atoms with van der Waals surface area (Å²) in [5.41, 5.74) is 2.41. The van der Waals surface area contributed by atoms with E-state index in [-0.39, 0.29) is 0 Å². The van der Waals surface area contributed by atoms with Gasteiger partial charge in [0, 0.05) is 31.5 Å². The highest BCUT2D eigenvalue weighted by molar-refractivity contribution is 5.13. The second-order valence-electron chi connectivity index (χ2n) is 4.01. The summed E-state index contributed by atoms with van der Waals surface area (Å²) >= 11 is 0. The van der Waals surface area contributed by atoms with Crippen LogP contribution in [0.4, 0.5) is 0 Å². The third-order valence-corrected chi connectivity index (χ3v) is 2.79. The van der Waals surface area contributed by atoms with Crippen LogP contribution in [0.5, 0.6) is 0 Å². The van der Waals surface area contributed by atoms with Gasteiger partial charge in [0.1, 0.15) is 0 Å². The molecule has 3 heteroatoms. The number of morpholine rings is 1. The highest BCUT2D eigenvalue weighted by atomic mass is 16.5. The van der Waals surface area contributed by atoms with Gasteiger partial charge in [-0.1, -0.05) is 6.07 Å². The molecule has 0 radical (unpaired) electrons. The van der Waals surface area contributed by atoms with Gasteiger partial charge in [0.25, 0.3) is 0 Å². The molecule has 1 fully saturated rings. The number of rotatable bonds is 3. The fourth-order valence-electron chi connectivity index (χ4n) is 1.76. The summed E-state index contributed by atoms with van der Waals surface area (Å²) in [6.07, 6.45) is 3.07. The number of aryl methyl sites for hydroxylation is 1. The van der Waals surface area contributed by atoms with Crippen molar-refractivity contribution >= 4 is 0 Å². The molecular weight excluding hydrogens is 188 g/mol. The van der Waals surface area contributed by atoms with E-state index in [0.717, 1.165) is 45.0 Å². The van der Waals surface area contributed by atoms with Crippen molar-refractivity contribution in [2.75, 3.05) is 32.8 Å². The molecule has 1 aromatic rings. The van der Waals surface area contributed by atoms with Gasteiger partial charge in [0.05, 0.1) is 13.2 Å². The summed E-state index contributed by atoms with van der Waals surface area (Å²) in [6, 6.07) is 4.25. The summed E-state index contributed by atoms with van der Waals surface area (Å²) in [7, 11) is 0. The van der Waals surface area contributed by atoms with Crippen molar-refractivity contribution in [2.24, 2.45) is 0 Å². The van der Waals surface area contributed by atoms with Crippen LogP contribution in [0.15, 0.2) is 18.3 Å². The van der Waals surface area contributed by atoms with Gasteiger partial charge in [0.2, 0.25) is 0 Å². The standard InChI is InChI=1S/C12H18N2O/c1-11-2-3-12(10-13-11)4-5-14-6-8-15-9-7-14/h2-3,10H,4-9H2,1H3. The highest BCUT2D eigenvalue weighted by Crippen LogP contribution is 2.03. The minimum Gasteiger partial charge on any atom is -0.379 e. The molecule has 2 rings (SSSR count). The molecule has 0 aromatic carbocycles. The third-order valence-electron chi connectivity index (χ3n) is 2.79. The quantitative estimate of drug-likeness (QED) is 0.744. The fraction of sp³-hybridized carbons (Fsp3) is 0.583. The van der Waals surface area contributed by atoms with Crippen LogP contribution in [-0.2, 0) is 11.2 Å². The molecule has 0 atom stereocenters. The first-order valence-corrected chi connectivity index (χ1v) is 5.56. The Labute approximate surface area is 91.1 Å². The Morgan fingerprint density at radius 3 is 2.80 bits per heavy atom. The second-order valence-corrected chi connectivity index (χ2v) is 4.01. The molecule has 15 heavy (non-hydrogen) atoms. The molecule has 0 aliphatic carbocycles. The van der Waals surface area contributed by atoms with E-state index in [4.69, 9.17) is 4.74 Å². The molecule has 1 aromatic heterocycles. The van der Waals surface area contributed by atoms with Crippen molar-refractivity contribution in [2.45, 2.75) is 13.3 Å². The normalized spacial score (nSPS) is 17.9. The van der Waals surface area contributed by atoms with Crippen LogP contribution in [0.2, 0.25) is 0 Å². The number of aromatic nitrogens is 1. The predicted molar refractivity (Wildman–Crippen MR) is 59.9 cm³/mol. The largest absolute Gasteiger partial charge is 0.379 e. The number of ether oxygens (including phenoxy) is 1. The van der Waals surface area contributed by atoms with Crippen LogP contribution in [0.3, 0.4) is 0 Å². The second kappa shape index (κ2) is 5.24. The number of pyridine rings is 1. The molecule has 0 amide bonds. The Morgan fingerprint density at radius 2 is 2.13 bits per heavy atom. The maximum atomic E-state index is 5.31. The summed E-state index contributed by atoms with van der Waals surface area (Å²) in [5, 5.41) is 0. The monoisotopic (exact) mass is 206 g/mol. The maximum absolute atomic E-state index is 5.31. The van der Waals surface area contributed by atoms with Gasteiger partial charge in [-0.15, -0.1) is 0 Å². The van der Waals surface area contributed by atoms with E-state index in [1.807, 2.05) is 13.1 Å². The number of hydrogen-bond donors (Lipinski definition) is 0. The van der Waals surface area contributed by atoms with Crippen LogP contribution in [0.1, 0.15) is 11.3 Å². The first kappa shape index (κ1) is 10.6. The topological polar surface area (TPSA) is 25.4 Å². The van der Waals surface area contributed by atoms with E-state index < -0.39 is 0 Å². The predicted octanol–water partition coefficient (Wildman–Crippen LogP) is 1.26. The number of hydrogen-bond acceptors (Lipinski definition) is 3. The SMILES string of the molecule is Cc1ccc(CCN2CCOCC2)cn1. The first-order chi connectivity index (χ1) is 7.34. The average Bonchev–Trinajstić information content (AvgIpc) is 2.30. The Morgan fingerprint density at radius 1 is 1.33 bits per heavy atom. The van der Waals surface area contributed by atoms with E-state index in [1.54, 1.807) is 0 Å². The van der Waals surface area contributed by atoms with Gasteiger partial charge in [0.15, 0.2) is 0 Å². The van der Waals surface area contributed by atoms with Gasteiger partial charge in [-0.3, -0.25) is 9.88 Å². The van der Waals surface area contributed by atoms with E-state index >= 15 is 0 Å². The molecule has 2 heterocycles. The smallest absolute Gasteiger partial charge is 0.0594 e. The zero-order valence-electron chi connectivity index (χ0n) is 9.28. The minimum absolute atomic E-state index is 0.881. The molecule has 1 aliphatic heterocycles. The lowest BCUT2D eigenvalue weighted by atomic mass is 10.2. The Hall–Kier alpha value is -0.930. The lowest BCUT2D eigenvalue weighted by Gasteiger charge is -2.26. The first-order valence-electron chi connectivity index (χ1n) is 5.56. The van der Waals surface area contributed by atoms with E-state index in [0.29, 0.717) is 0 Å². The molecule has 0 spiro atoms. The van der Waals surface area contributed by atoms with Gasteiger partial charge in [-0.2, -0.15) is 0 Å². The molecule has 0 N–H and O–H groups in total. The molecule has 1 saturated heterocycles. The fourth-order valence-corrected chi connectivity index (χ4v) is 1.76. The molecule has 0 bridgehead atoms. The lowest BCUT2D eigenvalue weighted by molar-refractivity contribution is 0.0384. The average molecular weight is 206 g/mol. The van der Waals surface area contributed by atoms with Crippen molar-refractivity contribution < 1.29 is 4.74 Å². The van der Waals surface area contributed by atoms with Gasteiger partial charge in [-0.25, -0.2) is 0 Å². The van der Waals surface area contributed by atoms with Crippen LogP contribution in [-0.4, -0.2) is 42.7 Å². The van der Waals surface area contributed by atoms with Crippen LogP contribution < -0.4 is 0 Å². The van der Waals surface area contributed by atoms with Crippen molar-refractivity contribution in [1.82, 2.24) is 9.88 Å². The third kappa shape index (κ3) is 3.29. The van der Waals surface area contributed by atoms with Crippen molar-refractivity contribution in [3.63, 3.8) is 0 Å². The Balaban J connectivity index is 1.79. The van der Waals surface area contributed by atoms with Gasteiger partial charge < -0.3 is 4.74 Å². The van der Waals surface area contributed by atoms with E-state index in [2.05, 4.69) is 22.0 Å². The summed E-state index contributed by atoms with van der Waals surface area (Å²) in [6.45, 7) is 7.04. The summed E-state index contributed by atoms with van der Waals surface area (Å²) < 4.78 is 5.31. The maximum Gasteiger partial charge on any atom is 0.0594 e. The Bertz CT molecular complexity index is 291. The number of nitrogens with zero attached hydrogens (tertiary/aromatic N) is 2. The van der Waals surface area contributed by atoms with Crippen LogP contribution in [0.25, 0.3) is 0 Å². The van der Waals surface area contributed by atoms with Gasteiger partial charge in [-0.05, 0) is 25.0 Å². The molecule has 0 unspecified atom stereocenters. The van der Waals surface area contributed by atoms with E-state index in [1.165, 1.54) is 5.56 Å². The van der Waals surface area contributed by atoms with Crippen LogP contribution >= 0.6 is 0 Å². The molecule has 82 valence electrons. The zero-order chi connectivity index (χ0) is 10.5. The molecule has 1 aliphatic rings. The van der Waals surface area contributed by atoms with Crippen molar-refractivity contribution in [3.8, 4) is 0 Å². The highest BCUT2D eigenvalue weighted by Gasteiger charge is 2.09. The molecule has 0 saturated carbocycles. The van der Waals surface area contributed by atoms with Crippen molar-refractivity contribution in [3.05, 3.63) is 29.6 Å². The molecule has 3 nitrogen and oxygen atoms in total. The van der Waals surface area contributed by atoms with Crippen LogP contribution in [0, 0.1) is 6.92 Å². The Kier molecular flexibility index (Phi) is 3.69. The zero-order valence-corrected chi connectivity index (χ0v) is 9.28. The lowest BCUT2D eigenvalue weighted by Crippen LogP contribution is -2.37. The van der Waals surface area contributed by atoms with E-state index in [9.17, 15) is 0 Å².